The van der Waals surface area contributed by atoms with Crippen LogP contribution in [-0.4, -0.2) is 59.6 Å². The first-order chi connectivity index (χ1) is 18.6. The number of carboxylic acid groups (broad SMARTS) is 1. The molecule has 0 aromatic heterocycles. The molecule has 206 valence electrons. The number of halogens is 1. The van der Waals surface area contributed by atoms with E-state index < -0.39 is 5.97 Å². The Hall–Kier alpha value is -1.88. The highest BCUT2D eigenvalue weighted by Crippen LogP contribution is 2.38. The minimum atomic E-state index is -0.608. The molecule has 0 amide bonds. The van der Waals surface area contributed by atoms with Crippen molar-refractivity contribution in [3.8, 4) is 0 Å². The Balaban J connectivity index is 1.16. The number of hydrogen-bond acceptors (Lipinski definition) is 3. The molecule has 0 unspecified atom stereocenters. The van der Waals surface area contributed by atoms with Crippen LogP contribution >= 0.6 is 11.6 Å². The SMILES string of the molecule is O=C(O)[C@@H](C1CCCCC1)N1C[C@H](CN2CCC(CCCc3ccc(Cl)cc3)CC2)[C@@H](c2ccccc2)C1. The third-order valence-electron chi connectivity index (χ3n) is 9.63. The molecule has 3 fully saturated rings. The summed E-state index contributed by atoms with van der Waals surface area (Å²) in [5, 5.41) is 11.1. The van der Waals surface area contributed by atoms with Gasteiger partial charge in [-0.2, -0.15) is 0 Å². The van der Waals surface area contributed by atoms with Gasteiger partial charge in [0.2, 0.25) is 0 Å². The van der Waals surface area contributed by atoms with Gasteiger partial charge in [-0.25, -0.2) is 0 Å². The predicted molar refractivity (Wildman–Crippen MR) is 156 cm³/mol. The number of likely N-dealkylation sites (tertiary alicyclic amines) is 2. The average molecular weight is 537 g/mol. The van der Waals surface area contributed by atoms with E-state index in [2.05, 4.69) is 52.3 Å². The Kier molecular flexibility index (Phi) is 9.80. The number of aliphatic carboxylic acids is 1. The standard InChI is InChI=1S/C33H45ClN2O2/c34-30-16-14-25(15-17-30)8-7-9-26-18-20-35(21-19-26)22-29-23-36(24-31(29)27-10-3-1-4-11-27)32(33(37)38)28-12-5-2-6-13-28/h1,3-4,10-11,14-17,26,28-29,31-32H,2,5-9,12-13,18-24H2,(H,37,38)/t29-,31+,32+/m0/s1. The van der Waals surface area contributed by atoms with Crippen LogP contribution in [-0.2, 0) is 11.2 Å². The zero-order chi connectivity index (χ0) is 26.3. The van der Waals surface area contributed by atoms with Crippen molar-refractivity contribution in [1.29, 1.82) is 0 Å². The van der Waals surface area contributed by atoms with Crippen molar-refractivity contribution in [3.05, 3.63) is 70.7 Å². The fourth-order valence-electron chi connectivity index (χ4n) is 7.54. The summed E-state index contributed by atoms with van der Waals surface area (Å²) in [5.74, 6) is 1.43. The van der Waals surface area contributed by atoms with Gasteiger partial charge in [0.1, 0.15) is 6.04 Å². The van der Waals surface area contributed by atoms with Gasteiger partial charge in [-0.3, -0.25) is 9.69 Å². The molecule has 3 atom stereocenters. The van der Waals surface area contributed by atoms with Gasteiger partial charge in [0.05, 0.1) is 0 Å². The largest absolute Gasteiger partial charge is 0.480 e. The topological polar surface area (TPSA) is 43.8 Å². The van der Waals surface area contributed by atoms with Crippen LogP contribution in [0, 0.1) is 17.8 Å². The van der Waals surface area contributed by atoms with Gasteiger partial charge >= 0.3 is 5.97 Å². The highest BCUT2D eigenvalue weighted by molar-refractivity contribution is 6.30. The Morgan fingerprint density at radius 1 is 0.921 bits per heavy atom. The van der Waals surface area contributed by atoms with Crippen LogP contribution in [0.15, 0.2) is 54.6 Å². The van der Waals surface area contributed by atoms with Crippen LogP contribution in [0.3, 0.4) is 0 Å². The van der Waals surface area contributed by atoms with E-state index in [4.69, 9.17) is 11.6 Å². The summed E-state index contributed by atoms with van der Waals surface area (Å²) < 4.78 is 0. The maximum absolute atomic E-state index is 12.5. The van der Waals surface area contributed by atoms with Crippen LogP contribution in [0.4, 0.5) is 0 Å². The second-order valence-corrected chi connectivity index (χ2v) is 12.6. The van der Waals surface area contributed by atoms with Crippen molar-refractivity contribution >= 4 is 17.6 Å². The Morgan fingerprint density at radius 2 is 1.63 bits per heavy atom. The maximum atomic E-state index is 12.5. The van der Waals surface area contributed by atoms with E-state index in [1.165, 1.54) is 69.2 Å². The molecule has 5 rings (SSSR count). The van der Waals surface area contributed by atoms with Crippen molar-refractivity contribution in [2.45, 2.75) is 76.2 Å². The lowest BCUT2D eigenvalue weighted by Crippen LogP contribution is -2.46. The summed E-state index contributed by atoms with van der Waals surface area (Å²) in [7, 11) is 0. The lowest BCUT2D eigenvalue weighted by atomic mass is 9.83. The molecule has 0 radical (unpaired) electrons. The fourth-order valence-corrected chi connectivity index (χ4v) is 7.66. The molecule has 2 saturated heterocycles. The quantitative estimate of drug-likeness (QED) is 0.351. The molecule has 2 aromatic rings. The third kappa shape index (κ3) is 7.20. The van der Waals surface area contributed by atoms with E-state index in [1.54, 1.807) is 0 Å². The molecule has 1 N–H and O–H groups in total. The molecule has 0 spiro atoms. The van der Waals surface area contributed by atoms with Gasteiger partial charge in [-0.15, -0.1) is 0 Å². The van der Waals surface area contributed by atoms with Crippen molar-refractivity contribution < 1.29 is 9.90 Å². The highest BCUT2D eigenvalue weighted by atomic mass is 35.5. The normalized spacial score (nSPS) is 25.0. The van der Waals surface area contributed by atoms with E-state index in [1.807, 2.05) is 12.1 Å². The molecule has 38 heavy (non-hydrogen) atoms. The monoisotopic (exact) mass is 536 g/mol. The summed E-state index contributed by atoms with van der Waals surface area (Å²) in [6, 6.07) is 18.9. The average Bonchev–Trinajstić information content (AvgIpc) is 3.34. The van der Waals surface area contributed by atoms with E-state index in [9.17, 15) is 9.90 Å². The minimum absolute atomic E-state index is 0.306. The van der Waals surface area contributed by atoms with Gasteiger partial charge in [0, 0.05) is 30.6 Å². The number of rotatable bonds is 10. The van der Waals surface area contributed by atoms with Crippen LogP contribution in [0.2, 0.25) is 5.02 Å². The Morgan fingerprint density at radius 3 is 2.32 bits per heavy atom. The summed E-state index contributed by atoms with van der Waals surface area (Å²) in [5.41, 5.74) is 2.77. The molecule has 5 heteroatoms. The molecule has 3 aliphatic rings. The van der Waals surface area contributed by atoms with Crippen molar-refractivity contribution in [1.82, 2.24) is 9.80 Å². The summed E-state index contributed by atoms with van der Waals surface area (Å²) in [6.45, 7) is 5.23. The van der Waals surface area contributed by atoms with E-state index >= 15 is 0 Å². The first kappa shape index (κ1) is 27.7. The number of aryl methyl sites for hydroxylation is 1. The van der Waals surface area contributed by atoms with E-state index in [0.717, 1.165) is 49.8 Å². The molecule has 1 aliphatic carbocycles. The predicted octanol–water partition coefficient (Wildman–Crippen LogP) is 7.12. The lowest BCUT2D eigenvalue weighted by molar-refractivity contribution is -0.145. The highest BCUT2D eigenvalue weighted by Gasteiger charge is 2.43. The van der Waals surface area contributed by atoms with Gasteiger partial charge < -0.3 is 10.0 Å². The number of carbonyl (C=O) groups is 1. The first-order valence-electron chi connectivity index (χ1n) is 15.1. The Labute approximate surface area is 234 Å². The fraction of sp³-hybridized carbons (Fsp3) is 0.606. The van der Waals surface area contributed by atoms with E-state index in [0.29, 0.717) is 17.8 Å². The molecule has 1 saturated carbocycles. The molecule has 4 nitrogen and oxygen atoms in total. The number of carboxylic acids is 1. The summed E-state index contributed by atoms with van der Waals surface area (Å²) in [6.07, 6.45) is 12.0. The summed E-state index contributed by atoms with van der Waals surface area (Å²) >= 11 is 6.02. The van der Waals surface area contributed by atoms with Crippen LogP contribution in [0.1, 0.15) is 74.8 Å². The van der Waals surface area contributed by atoms with Crippen LogP contribution in [0.5, 0.6) is 0 Å². The Bertz CT molecular complexity index is 999. The number of benzene rings is 2. The maximum Gasteiger partial charge on any atom is 0.321 e. The second kappa shape index (κ2) is 13.5. The van der Waals surface area contributed by atoms with Crippen LogP contribution in [0.25, 0.3) is 0 Å². The number of piperidine rings is 1. The summed E-state index contributed by atoms with van der Waals surface area (Å²) in [4.78, 5) is 17.5. The number of hydrogen-bond donors (Lipinski definition) is 1. The van der Waals surface area contributed by atoms with Gasteiger partial charge in [0.25, 0.3) is 0 Å². The molecule has 0 bridgehead atoms. The molecule has 2 heterocycles. The van der Waals surface area contributed by atoms with Crippen molar-refractivity contribution in [3.63, 3.8) is 0 Å². The van der Waals surface area contributed by atoms with Crippen molar-refractivity contribution in [2.24, 2.45) is 17.8 Å². The van der Waals surface area contributed by atoms with E-state index in [-0.39, 0.29) is 6.04 Å². The first-order valence-corrected chi connectivity index (χ1v) is 15.4. The molecule has 2 aromatic carbocycles. The molecule has 2 aliphatic heterocycles. The smallest absolute Gasteiger partial charge is 0.321 e. The molecular weight excluding hydrogens is 492 g/mol. The van der Waals surface area contributed by atoms with Crippen molar-refractivity contribution in [2.75, 3.05) is 32.7 Å². The minimum Gasteiger partial charge on any atom is -0.480 e. The zero-order valence-corrected chi connectivity index (χ0v) is 23.6. The lowest BCUT2D eigenvalue weighted by Gasteiger charge is -2.35. The van der Waals surface area contributed by atoms with Gasteiger partial charge in [-0.05, 0) is 92.6 Å². The third-order valence-corrected chi connectivity index (χ3v) is 9.88. The molecular formula is C33H45ClN2O2. The zero-order valence-electron chi connectivity index (χ0n) is 22.8. The number of nitrogens with zero attached hydrogens (tertiary/aromatic N) is 2. The van der Waals surface area contributed by atoms with Gasteiger partial charge in [0.15, 0.2) is 0 Å². The van der Waals surface area contributed by atoms with Gasteiger partial charge in [-0.1, -0.05) is 79.7 Å². The van der Waals surface area contributed by atoms with Crippen LogP contribution < -0.4 is 0 Å². The second-order valence-electron chi connectivity index (χ2n) is 12.2.